The number of carbonyl (C=O) groups excluding carboxylic acids is 1. The Morgan fingerprint density at radius 2 is 2.06 bits per heavy atom. The van der Waals surface area contributed by atoms with Gasteiger partial charge in [0.1, 0.15) is 27.3 Å². The second-order valence-electron chi connectivity index (χ2n) is 9.04. The van der Waals surface area contributed by atoms with Crippen LogP contribution < -0.4 is 16.4 Å². The zero-order chi connectivity index (χ0) is 24.7. The van der Waals surface area contributed by atoms with Crippen LogP contribution in [-0.2, 0) is 17.6 Å². The van der Waals surface area contributed by atoms with E-state index in [-0.39, 0.29) is 45.6 Å². The normalized spacial score (nSPS) is 19.7. The zero-order valence-corrected chi connectivity index (χ0v) is 20.2. The maximum Gasteiger partial charge on any atom is 0.188 e. The van der Waals surface area contributed by atoms with Crippen molar-refractivity contribution < 1.29 is 18.3 Å². The second-order valence-corrected chi connectivity index (χ2v) is 10.1. The number of benzene rings is 1. The van der Waals surface area contributed by atoms with Crippen molar-refractivity contribution in [1.82, 2.24) is 9.97 Å². The molecule has 0 saturated carbocycles. The number of halogens is 2. The van der Waals surface area contributed by atoms with Crippen LogP contribution >= 0.6 is 11.3 Å². The van der Waals surface area contributed by atoms with Crippen LogP contribution in [0.3, 0.4) is 0 Å². The van der Waals surface area contributed by atoms with Crippen LogP contribution in [0.1, 0.15) is 52.7 Å². The van der Waals surface area contributed by atoms with Gasteiger partial charge in [-0.25, -0.2) is 13.8 Å². The number of piperidine rings is 1. The fraction of sp³-hybridized carbons (Fsp3) is 0.400. The Labute approximate surface area is 206 Å². The maximum atomic E-state index is 14.3. The Hall–Kier alpha value is -2.95. The Balaban J connectivity index is 1.50. The van der Waals surface area contributed by atoms with Crippen LogP contribution in [0, 0.1) is 11.6 Å². The number of carbonyl (C=O) groups is 1. The lowest BCUT2D eigenvalue weighted by Crippen LogP contribution is -2.43. The summed E-state index contributed by atoms with van der Waals surface area (Å²) in [6, 6.07) is 3.64. The minimum atomic E-state index is -0.753. The zero-order valence-electron chi connectivity index (χ0n) is 19.4. The molecule has 1 fully saturated rings. The van der Waals surface area contributed by atoms with Gasteiger partial charge in [-0.05, 0) is 37.8 Å². The maximum absolute atomic E-state index is 14.3. The van der Waals surface area contributed by atoms with Crippen molar-refractivity contribution in [3.8, 4) is 10.6 Å². The van der Waals surface area contributed by atoms with E-state index in [2.05, 4.69) is 14.9 Å². The number of anilines is 2. The lowest BCUT2D eigenvalue weighted by atomic mass is 9.98. The number of thiazole rings is 1. The van der Waals surface area contributed by atoms with E-state index in [1.54, 1.807) is 13.3 Å². The Morgan fingerprint density at radius 1 is 1.29 bits per heavy atom. The first-order chi connectivity index (χ1) is 16.9. The number of nitrogens with zero attached hydrogens (tertiary/aromatic N) is 3. The molecule has 10 heteroatoms. The number of methoxy groups -OCH3 is 1. The predicted molar refractivity (Wildman–Crippen MR) is 132 cm³/mol. The predicted octanol–water partition coefficient (Wildman–Crippen LogP) is 4.05. The molecule has 1 aliphatic heterocycles. The van der Waals surface area contributed by atoms with E-state index in [4.69, 9.17) is 16.2 Å². The third kappa shape index (κ3) is 4.41. The summed E-state index contributed by atoms with van der Waals surface area (Å²) in [6.07, 6.45) is 5.24. The van der Waals surface area contributed by atoms with Crippen LogP contribution in [0.2, 0.25) is 0 Å². The van der Waals surface area contributed by atoms with Gasteiger partial charge in [-0.15, -0.1) is 0 Å². The molecule has 1 unspecified atom stereocenters. The van der Waals surface area contributed by atoms with Crippen molar-refractivity contribution in [2.24, 2.45) is 5.73 Å². The third-order valence-corrected chi connectivity index (χ3v) is 7.63. The number of ketones is 1. The fourth-order valence-corrected chi connectivity index (χ4v) is 6.00. The molecule has 1 saturated heterocycles. The minimum Gasteiger partial charge on any atom is -0.389 e. The molecular formula is C25H27F2N5O2S. The van der Waals surface area contributed by atoms with E-state index in [1.807, 2.05) is 0 Å². The van der Waals surface area contributed by atoms with Gasteiger partial charge in [0.05, 0.1) is 17.4 Å². The number of nitrogens with two attached hydrogens (primary N) is 2. The summed E-state index contributed by atoms with van der Waals surface area (Å²) in [5.41, 5.74) is 15.9. The number of hydrogen-bond donors (Lipinski definition) is 2. The molecule has 0 amide bonds. The summed E-state index contributed by atoms with van der Waals surface area (Å²) in [6.45, 7) is 1.55. The average molecular weight is 500 g/mol. The molecule has 2 aromatic heterocycles. The molecule has 3 heterocycles. The monoisotopic (exact) mass is 499 g/mol. The van der Waals surface area contributed by atoms with E-state index >= 15 is 0 Å². The highest BCUT2D eigenvalue weighted by Crippen LogP contribution is 2.41. The second kappa shape index (κ2) is 9.60. The van der Waals surface area contributed by atoms with E-state index in [9.17, 15) is 13.6 Å². The molecule has 2 aliphatic rings. The highest BCUT2D eigenvalue weighted by molar-refractivity contribution is 7.19. The number of fused-ring (bicyclic) bond motifs is 1. The summed E-state index contributed by atoms with van der Waals surface area (Å²) in [5.74, 6) is -1.83. The largest absolute Gasteiger partial charge is 0.389 e. The summed E-state index contributed by atoms with van der Waals surface area (Å²) in [7, 11) is 1.68. The van der Waals surface area contributed by atoms with Crippen LogP contribution in [0.5, 0.6) is 0 Å². The Kier molecular flexibility index (Phi) is 6.52. The van der Waals surface area contributed by atoms with Crippen molar-refractivity contribution in [2.75, 3.05) is 30.8 Å². The summed E-state index contributed by atoms with van der Waals surface area (Å²) >= 11 is 0.897. The number of aromatic nitrogens is 2. The van der Waals surface area contributed by atoms with Gasteiger partial charge in [0, 0.05) is 55.7 Å². The van der Waals surface area contributed by atoms with Gasteiger partial charge >= 0.3 is 0 Å². The summed E-state index contributed by atoms with van der Waals surface area (Å²) < 4.78 is 34.2. The molecule has 4 N–H and O–H groups in total. The van der Waals surface area contributed by atoms with E-state index < -0.39 is 11.6 Å². The van der Waals surface area contributed by atoms with Gasteiger partial charge in [0.25, 0.3) is 0 Å². The fourth-order valence-electron chi connectivity index (χ4n) is 5.10. The number of hydrogen-bond acceptors (Lipinski definition) is 8. The SMILES string of the molecule is COC1CCc2c1ncc(CC(=O)c1nc(-c3c(F)cccc3F)sc1N)c2N1CCC[C@H](N)C1. The molecule has 2 atom stereocenters. The number of rotatable bonds is 6. The molecule has 35 heavy (non-hydrogen) atoms. The molecule has 0 radical (unpaired) electrons. The quantitative estimate of drug-likeness (QED) is 0.493. The van der Waals surface area contributed by atoms with Gasteiger partial charge < -0.3 is 21.1 Å². The lowest BCUT2D eigenvalue weighted by Gasteiger charge is -2.35. The van der Waals surface area contributed by atoms with E-state index in [0.717, 1.165) is 78.2 Å². The number of Topliss-reactive ketones (excluding diaryl/α,β-unsaturated/α-hetero) is 1. The minimum absolute atomic E-state index is 0.0178. The Bertz CT molecular complexity index is 1260. The van der Waals surface area contributed by atoms with E-state index in [0.29, 0.717) is 6.54 Å². The molecule has 3 aromatic rings. The van der Waals surface area contributed by atoms with E-state index in [1.165, 1.54) is 6.07 Å². The van der Waals surface area contributed by atoms with Gasteiger partial charge in [-0.3, -0.25) is 9.78 Å². The van der Waals surface area contributed by atoms with Crippen LogP contribution in [-0.4, -0.2) is 42.0 Å². The Morgan fingerprint density at radius 3 is 2.77 bits per heavy atom. The number of ether oxygens (including phenoxy) is 1. The smallest absolute Gasteiger partial charge is 0.188 e. The van der Waals surface area contributed by atoms with Gasteiger partial charge in [0.15, 0.2) is 5.78 Å². The molecule has 0 bridgehead atoms. The first-order valence-electron chi connectivity index (χ1n) is 11.6. The van der Waals surface area contributed by atoms with Crippen molar-refractivity contribution in [1.29, 1.82) is 0 Å². The topological polar surface area (TPSA) is 107 Å². The van der Waals surface area contributed by atoms with Crippen LogP contribution in [0.25, 0.3) is 10.6 Å². The van der Waals surface area contributed by atoms with Crippen molar-refractivity contribution in [3.63, 3.8) is 0 Å². The molecule has 184 valence electrons. The van der Waals surface area contributed by atoms with Gasteiger partial charge in [-0.1, -0.05) is 17.4 Å². The molecule has 7 nitrogen and oxygen atoms in total. The number of nitrogen functional groups attached to an aromatic ring is 1. The first kappa shape index (κ1) is 23.8. The van der Waals surface area contributed by atoms with Crippen molar-refractivity contribution in [3.05, 3.63) is 58.5 Å². The van der Waals surface area contributed by atoms with Gasteiger partial charge in [0.2, 0.25) is 0 Å². The molecule has 0 spiro atoms. The molecule has 5 rings (SSSR count). The highest BCUT2D eigenvalue weighted by atomic mass is 32.1. The van der Waals surface area contributed by atoms with Gasteiger partial charge in [-0.2, -0.15) is 0 Å². The van der Waals surface area contributed by atoms with Crippen molar-refractivity contribution in [2.45, 2.75) is 44.2 Å². The summed E-state index contributed by atoms with van der Waals surface area (Å²) in [5, 5.41) is 0.168. The average Bonchev–Trinajstić information content (AvgIpc) is 3.42. The molecule has 1 aromatic carbocycles. The molecular weight excluding hydrogens is 472 g/mol. The van der Waals surface area contributed by atoms with Crippen LogP contribution in [0.4, 0.5) is 19.5 Å². The van der Waals surface area contributed by atoms with Crippen LogP contribution in [0.15, 0.2) is 24.4 Å². The third-order valence-electron chi connectivity index (χ3n) is 6.72. The lowest BCUT2D eigenvalue weighted by molar-refractivity contribution is 0.0989. The standard InChI is InChI=1S/C25H27F2N5O2S/c1-34-19-8-7-15-21(19)30-11-13(23(15)32-9-3-4-14(28)12-32)10-18(33)22-24(29)35-25(31-22)20-16(26)5-2-6-17(20)27/h2,5-6,11,14,19H,3-4,7-10,12,28-29H2,1H3/t14-,19?/m0/s1. The number of pyridine rings is 1. The summed E-state index contributed by atoms with van der Waals surface area (Å²) in [4.78, 5) is 24.5. The molecule has 1 aliphatic carbocycles. The first-order valence-corrected chi connectivity index (χ1v) is 12.5. The van der Waals surface area contributed by atoms with Crippen molar-refractivity contribution >= 4 is 27.8 Å². The highest BCUT2D eigenvalue weighted by Gasteiger charge is 2.32.